The lowest BCUT2D eigenvalue weighted by molar-refractivity contribution is -0.136. The van der Waals surface area contributed by atoms with Gasteiger partial charge >= 0.3 is 0 Å². The summed E-state index contributed by atoms with van der Waals surface area (Å²) in [5.74, 6) is -0.183. The topological polar surface area (TPSA) is 53.5 Å². The summed E-state index contributed by atoms with van der Waals surface area (Å²) in [5, 5.41) is 0. The van der Waals surface area contributed by atoms with Crippen LogP contribution in [0.1, 0.15) is 36.8 Å². The number of benzene rings is 1. The molecule has 6 heteroatoms. The van der Waals surface area contributed by atoms with Crippen molar-refractivity contribution in [2.75, 3.05) is 13.1 Å². The normalized spacial score (nSPS) is 14.3. The van der Waals surface area contributed by atoms with Crippen molar-refractivity contribution in [3.8, 4) is 0 Å². The number of piperidine rings is 1. The zero-order chi connectivity index (χ0) is 19.1. The van der Waals surface area contributed by atoms with Gasteiger partial charge in [-0.2, -0.15) is 0 Å². The number of carbonyl (C=O) groups excluding carboxylic acids is 2. The summed E-state index contributed by atoms with van der Waals surface area (Å²) in [4.78, 5) is 32.4. The van der Waals surface area contributed by atoms with Crippen LogP contribution in [0, 0.1) is 5.82 Å². The quantitative estimate of drug-likeness (QED) is 0.753. The summed E-state index contributed by atoms with van der Waals surface area (Å²) in [5.41, 5.74) is 1.85. The highest BCUT2D eigenvalue weighted by Crippen LogP contribution is 2.14. The lowest BCUT2D eigenvalue weighted by Crippen LogP contribution is -2.39. The largest absolute Gasteiger partial charge is 0.342 e. The second kappa shape index (κ2) is 9.26. The van der Waals surface area contributed by atoms with E-state index in [1.165, 1.54) is 12.1 Å². The van der Waals surface area contributed by atoms with E-state index in [0.29, 0.717) is 26.1 Å². The van der Waals surface area contributed by atoms with Gasteiger partial charge in [-0.3, -0.25) is 14.6 Å². The van der Waals surface area contributed by atoms with Crippen molar-refractivity contribution in [2.45, 2.75) is 38.8 Å². The smallest absolute Gasteiger partial charge is 0.224 e. The number of aromatic nitrogens is 1. The summed E-state index contributed by atoms with van der Waals surface area (Å²) in [7, 11) is 0. The number of halogens is 1. The Morgan fingerprint density at radius 3 is 2.37 bits per heavy atom. The van der Waals surface area contributed by atoms with Crippen LogP contribution in [-0.4, -0.2) is 39.7 Å². The number of hydrogen-bond acceptors (Lipinski definition) is 3. The molecule has 1 aromatic heterocycles. The van der Waals surface area contributed by atoms with Gasteiger partial charge in [-0.15, -0.1) is 0 Å². The van der Waals surface area contributed by atoms with E-state index in [2.05, 4.69) is 4.98 Å². The minimum atomic E-state index is -0.297. The molecule has 1 aliphatic heterocycles. The van der Waals surface area contributed by atoms with Crippen molar-refractivity contribution in [3.05, 3.63) is 65.7 Å². The molecule has 0 atom stereocenters. The molecule has 2 aromatic rings. The molecule has 1 fully saturated rings. The summed E-state index contributed by atoms with van der Waals surface area (Å²) >= 11 is 0. The molecule has 0 bridgehead atoms. The fraction of sp³-hybridized carbons (Fsp3) is 0.381. The average molecular weight is 369 g/mol. The van der Waals surface area contributed by atoms with Crippen molar-refractivity contribution >= 4 is 11.8 Å². The molecule has 5 nitrogen and oxygen atoms in total. The maximum absolute atomic E-state index is 13.2. The van der Waals surface area contributed by atoms with Crippen molar-refractivity contribution < 1.29 is 14.0 Å². The van der Waals surface area contributed by atoms with Crippen LogP contribution in [-0.2, 0) is 22.7 Å². The molecule has 142 valence electrons. The Morgan fingerprint density at radius 1 is 1.04 bits per heavy atom. The highest BCUT2D eigenvalue weighted by Gasteiger charge is 2.21. The number of rotatable bonds is 7. The van der Waals surface area contributed by atoms with Crippen LogP contribution in [0.2, 0.25) is 0 Å². The van der Waals surface area contributed by atoms with Gasteiger partial charge in [0.05, 0.1) is 0 Å². The number of nitrogens with zero attached hydrogens (tertiary/aromatic N) is 3. The van der Waals surface area contributed by atoms with Crippen molar-refractivity contribution in [1.29, 1.82) is 0 Å². The van der Waals surface area contributed by atoms with Crippen LogP contribution in [0.5, 0.6) is 0 Å². The predicted molar refractivity (Wildman–Crippen MR) is 99.9 cm³/mol. The van der Waals surface area contributed by atoms with E-state index in [0.717, 1.165) is 30.5 Å². The van der Waals surface area contributed by atoms with E-state index in [1.807, 2.05) is 12.1 Å². The summed E-state index contributed by atoms with van der Waals surface area (Å²) in [6.07, 6.45) is 6.19. The first-order valence-corrected chi connectivity index (χ1v) is 9.31. The lowest BCUT2D eigenvalue weighted by Gasteiger charge is -2.28. The third-order valence-corrected chi connectivity index (χ3v) is 4.78. The predicted octanol–water partition coefficient (Wildman–Crippen LogP) is 3.15. The highest BCUT2D eigenvalue weighted by atomic mass is 19.1. The Balaban J connectivity index is 1.66. The summed E-state index contributed by atoms with van der Waals surface area (Å²) in [6, 6.07) is 9.93. The van der Waals surface area contributed by atoms with E-state index in [4.69, 9.17) is 0 Å². The highest BCUT2D eigenvalue weighted by molar-refractivity contribution is 5.79. The molecule has 1 saturated heterocycles. The number of pyridine rings is 1. The molecule has 0 saturated carbocycles. The third kappa shape index (κ3) is 5.61. The number of carbonyl (C=O) groups is 2. The van der Waals surface area contributed by atoms with E-state index >= 15 is 0 Å². The Hall–Kier alpha value is -2.76. The molecular formula is C21H24FN3O2. The molecule has 0 radical (unpaired) electrons. The SMILES string of the molecule is O=C1CCCCN1CCC(=O)N(Cc1ccncc1)Cc1ccc(F)cc1. The van der Waals surface area contributed by atoms with E-state index < -0.39 is 0 Å². The van der Waals surface area contributed by atoms with Gasteiger partial charge in [-0.25, -0.2) is 4.39 Å². The van der Waals surface area contributed by atoms with Gasteiger partial charge in [-0.05, 0) is 48.2 Å². The molecule has 1 aromatic carbocycles. The zero-order valence-corrected chi connectivity index (χ0v) is 15.3. The van der Waals surface area contributed by atoms with Gasteiger partial charge in [0.2, 0.25) is 11.8 Å². The second-order valence-corrected chi connectivity index (χ2v) is 6.82. The Bertz CT molecular complexity index is 765. The van der Waals surface area contributed by atoms with Crippen molar-refractivity contribution in [1.82, 2.24) is 14.8 Å². The molecule has 0 unspecified atom stereocenters. The van der Waals surface area contributed by atoms with E-state index in [1.54, 1.807) is 34.3 Å². The minimum absolute atomic E-state index is 0.0190. The van der Waals surface area contributed by atoms with E-state index in [-0.39, 0.29) is 24.1 Å². The first-order valence-electron chi connectivity index (χ1n) is 9.31. The zero-order valence-electron chi connectivity index (χ0n) is 15.3. The molecule has 0 N–H and O–H groups in total. The van der Waals surface area contributed by atoms with Crippen LogP contribution in [0.25, 0.3) is 0 Å². The Morgan fingerprint density at radius 2 is 1.70 bits per heavy atom. The van der Waals surface area contributed by atoms with Gasteiger partial charge in [0.1, 0.15) is 5.82 Å². The maximum Gasteiger partial charge on any atom is 0.224 e. The van der Waals surface area contributed by atoms with Crippen molar-refractivity contribution in [3.63, 3.8) is 0 Å². The Kier molecular flexibility index (Phi) is 6.52. The molecule has 27 heavy (non-hydrogen) atoms. The number of likely N-dealkylation sites (tertiary alicyclic amines) is 1. The maximum atomic E-state index is 13.2. The van der Waals surface area contributed by atoms with Crippen LogP contribution in [0.3, 0.4) is 0 Å². The van der Waals surface area contributed by atoms with Crippen LogP contribution in [0.15, 0.2) is 48.8 Å². The molecule has 0 aliphatic carbocycles. The fourth-order valence-electron chi connectivity index (χ4n) is 3.24. The van der Waals surface area contributed by atoms with Gasteiger partial charge < -0.3 is 9.80 Å². The van der Waals surface area contributed by atoms with Gasteiger partial charge in [0.15, 0.2) is 0 Å². The molecule has 3 rings (SSSR count). The minimum Gasteiger partial charge on any atom is -0.342 e. The lowest BCUT2D eigenvalue weighted by atomic mass is 10.1. The molecule has 0 spiro atoms. The fourth-order valence-corrected chi connectivity index (χ4v) is 3.24. The van der Waals surface area contributed by atoms with Crippen LogP contribution in [0.4, 0.5) is 4.39 Å². The summed E-state index contributed by atoms with van der Waals surface area (Å²) in [6.45, 7) is 2.03. The average Bonchev–Trinajstić information content (AvgIpc) is 2.69. The summed E-state index contributed by atoms with van der Waals surface area (Å²) < 4.78 is 13.2. The number of hydrogen-bond donors (Lipinski definition) is 0. The Labute approximate surface area is 158 Å². The second-order valence-electron chi connectivity index (χ2n) is 6.82. The molecular weight excluding hydrogens is 345 g/mol. The number of amides is 2. The first-order chi connectivity index (χ1) is 13.1. The first kappa shape index (κ1) is 19.0. The molecule has 1 aliphatic rings. The van der Waals surface area contributed by atoms with Gasteiger partial charge in [0, 0.05) is 51.4 Å². The van der Waals surface area contributed by atoms with E-state index in [9.17, 15) is 14.0 Å². The van der Waals surface area contributed by atoms with Crippen LogP contribution < -0.4 is 0 Å². The van der Waals surface area contributed by atoms with Crippen LogP contribution >= 0.6 is 0 Å². The van der Waals surface area contributed by atoms with Gasteiger partial charge in [0.25, 0.3) is 0 Å². The standard InChI is InChI=1S/C21H24FN3O2/c22-19-6-4-17(5-7-19)15-25(16-18-8-11-23-12-9-18)21(27)10-14-24-13-2-1-3-20(24)26/h4-9,11-12H,1-3,10,13-16H2. The van der Waals surface area contributed by atoms with Crippen molar-refractivity contribution in [2.24, 2.45) is 0 Å². The molecule has 2 heterocycles. The third-order valence-electron chi connectivity index (χ3n) is 4.78. The molecule has 2 amide bonds. The van der Waals surface area contributed by atoms with Gasteiger partial charge in [-0.1, -0.05) is 12.1 Å². The monoisotopic (exact) mass is 369 g/mol.